The zero-order valence-electron chi connectivity index (χ0n) is 11.4. The second-order valence-corrected chi connectivity index (χ2v) is 4.45. The molecular weight excluding hydrogens is 260 g/mol. The lowest BCUT2D eigenvalue weighted by atomic mass is 10.2. The van der Waals surface area contributed by atoms with Crippen molar-refractivity contribution in [2.24, 2.45) is 12.8 Å². The summed E-state index contributed by atoms with van der Waals surface area (Å²) >= 11 is 0. The van der Waals surface area contributed by atoms with Gasteiger partial charge in [-0.05, 0) is 24.6 Å². The van der Waals surface area contributed by atoms with E-state index in [0.717, 1.165) is 17.0 Å². The maximum absolute atomic E-state index is 11.0. The highest BCUT2D eigenvalue weighted by molar-refractivity contribution is 5.48. The van der Waals surface area contributed by atoms with E-state index in [0.29, 0.717) is 6.54 Å². The summed E-state index contributed by atoms with van der Waals surface area (Å²) in [4.78, 5) is 10.5. The average Bonchev–Trinajstić information content (AvgIpc) is 2.74. The molecular formula is C13H16N4O3. The van der Waals surface area contributed by atoms with Crippen molar-refractivity contribution in [3.05, 3.63) is 51.3 Å². The molecule has 106 valence electrons. The van der Waals surface area contributed by atoms with E-state index < -0.39 is 4.92 Å². The Morgan fingerprint density at radius 2 is 2.20 bits per heavy atom. The highest BCUT2D eigenvalue weighted by Crippen LogP contribution is 2.28. The number of ether oxygens (including phenoxy) is 1. The molecule has 1 aromatic heterocycles. The van der Waals surface area contributed by atoms with Crippen molar-refractivity contribution >= 4 is 5.69 Å². The molecule has 7 nitrogen and oxygen atoms in total. The molecule has 0 unspecified atom stereocenters. The van der Waals surface area contributed by atoms with Gasteiger partial charge >= 0.3 is 5.69 Å². The van der Waals surface area contributed by atoms with E-state index in [1.54, 1.807) is 23.9 Å². The van der Waals surface area contributed by atoms with Crippen molar-refractivity contribution in [3.8, 4) is 5.75 Å². The highest BCUT2D eigenvalue weighted by Gasteiger charge is 2.16. The van der Waals surface area contributed by atoms with Crippen molar-refractivity contribution in [2.75, 3.05) is 0 Å². The molecule has 7 heteroatoms. The Labute approximate surface area is 116 Å². The third-order valence-corrected chi connectivity index (χ3v) is 2.93. The van der Waals surface area contributed by atoms with Crippen LogP contribution in [0.25, 0.3) is 0 Å². The van der Waals surface area contributed by atoms with E-state index in [4.69, 9.17) is 10.5 Å². The second-order valence-electron chi connectivity index (χ2n) is 4.45. The molecule has 2 aromatic rings. The number of hydrogen-bond acceptors (Lipinski definition) is 5. The summed E-state index contributed by atoms with van der Waals surface area (Å²) in [6.07, 6.45) is 0. The van der Waals surface area contributed by atoms with Crippen molar-refractivity contribution in [1.29, 1.82) is 0 Å². The average molecular weight is 276 g/mol. The summed E-state index contributed by atoms with van der Waals surface area (Å²) < 4.78 is 7.25. The van der Waals surface area contributed by atoms with Gasteiger partial charge in [-0.1, -0.05) is 6.07 Å². The first-order valence-corrected chi connectivity index (χ1v) is 6.11. The number of benzene rings is 1. The largest absolute Gasteiger partial charge is 0.480 e. The predicted octanol–water partition coefficient (Wildman–Crippen LogP) is 1.67. The number of nitrogens with two attached hydrogens (primary N) is 1. The molecule has 20 heavy (non-hydrogen) atoms. The quantitative estimate of drug-likeness (QED) is 0.662. The van der Waals surface area contributed by atoms with Crippen LogP contribution in [0.4, 0.5) is 5.69 Å². The van der Waals surface area contributed by atoms with Gasteiger partial charge in [-0.3, -0.25) is 14.8 Å². The lowest BCUT2D eigenvalue weighted by molar-refractivity contribution is -0.386. The molecule has 0 spiro atoms. The fourth-order valence-corrected chi connectivity index (χ4v) is 1.90. The molecule has 0 aliphatic carbocycles. The normalized spacial score (nSPS) is 10.6. The van der Waals surface area contributed by atoms with Gasteiger partial charge in [0, 0.05) is 19.7 Å². The third kappa shape index (κ3) is 2.94. The number of nitro groups is 1. The Morgan fingerprint density at radius 3 is 2.75 bits per heavy atom. The van der Waals surface area contributed by atoms with Gasteiger partial charge in [0.1, 0.15) is 6.61 Å². The molecule has 0 amide bonds. The number of aryl methyl sites for hydroxylation is 2. The lowest BCUT2D eigenvalue weighted by Gasteiger charge is -2.08. The van der Waals surface area contributed by atoms with Crippen LogP contribution in [0, 0.1) is 17.0 Å². The van der Waals surface area contributed by atoms with Crippen LogP contribution >= 0.6 is 0 Å². The maximum Gasteiger partial charge on any atom is 0.310 e. The molecule has 0 aliphatic heterocycles. The second kappa shape index (κ2) is 5.70. The molecule has 1 aromatic carbocycles. The fourth-order valence-electron chi connectivity index (χ4n) is 1.90. The summed E-state index contributed by atoms with van der Waals surface area (Å²) in [5.41, 5.74) is 7.97. The minimum absolute atomic E-state index is 0.0684. The van der Waals surface area contributed by atoms with E-state index in [1.807, 2.05) is 13.0 Å². The fraction of sp³-hybridized carbons (Fsp3) is 0.308. The first kappa shape index (κ1) is 14.0. The van der Waals surface area contributed by atoms with Crippen molar-refractivity contribution in [1.82, 2.24) is 9.78 Å². The Balaban J connectivity index is 2.23. The molecule has 0 aliphatic rings. The highest BCUT2D eigenvalue weighted by atomic mass is 16.6. The number of aromatic nitrogens is 2. The number of nitro benzene ring substituents is 1. The first-order chi connectivity index (χ1) is 9.51. The van der Waals surface area contributed by atoms with Gasteiger partial charge in [0.25, 0.3) is 0 Å². The zero-order chi connectivity index (χ0) is 14.7. The molecule has 0 saturated carbocycles. The summed E-state index contributed by atoms with van der Waals surface area (Å²) in [6, 6.07) is 6.51. The van der Waals surface area contributed by atoms with E-state index in [2.05, 4.69) is 5.10 Å². The summed E-state index contributed by atoms with van der Waals surface area (Å²) in [5.74, 6) is 0.219. The SMILES string of the molecule is Cc1cc(COc2cc(CN)ccc2[N+](=O)[O-])n(C)n1. The van der Waals surface area contributed by atoms with E-state index in [9.17, 15) is 10.1 Å². The van der Waals surface area contributed by atoms with Crippen LogP contribution in [0.5, 0.6) is 5.75 Å². The molecule has 0 saturated heterocycles. The molecule has 0 radical (unpaired) electrons. The Bertz CT molecular complexity index is 637. The van der Waals surface area contributed by atoms with Gasteiger partial charge in [-0.2, -0.15) is 5.10 Å². The molecule has 2 N–H and O–H groups in total. The number of rotatable bonds is 5. The molecule has 0 fully saturated rings. The van der Waals surface area contributed by atoms with Crippen molar-refractivity contribution < 1.29 is 9.66 Å². The third-order valence-electron chi connectivity index (χ3n) is 2.93. The predicted molar refractivity (Wildman–Crippen MR) is 73.3 cm³/mol. The summed E-state index contributed by atoms with van der Waals surface area (Å²) in [5, 5.41) is 15.2. The molecule has 0 atom stereocenters. The zero-order valence-corrected chi connectivity index (χ0v) is 11.4. The summed E-state index contributed by atoms with van der Waals surface area (Å²) in [6.45, 7) is 2.40. The van der Waals surface area contributed by atoms with Crippen LogP contribution in [-0.2, 0) is 20.2 Å². The van der Waals surface area contributed by atoms with Gasteiger partial charge in [0.2, 0.25) is 0 Å². The Hall–Kier alpha value is -2.41. The lowest BCUT2D eigenvalue weighted by Crippen LogP contribution is -2.05. The van der Waals surface area contributed by atoms with Crippen molar-refractivity contribution in [3.63, 3.8) is 0 Å². The van der Waals surface area contributed by atoms with E-state index in [1.165, 1.54) is 6.07 Å². The van der Waals surface area contributed by atoms with Gasteiger partial charge in [0.15, 0.2) is 5.75 Å². The minimum atomic E-state index is -0.468. The van der Waals surface area contributed by atoms with Crippen LogP contribution < -0.4 is 10.5 Å². The van der Waals surface area contributed by atoms with Gasteiger partial charge < -0.3 is 10.5 Å². The van der Waals surface area contributed by atoms with Crippen LogP contribution in [0.15, 0.2) is 24.3 Å². The van der Waals surface area contributed by atoms with Gasteiger partial charge in [-0.25, -0.2) is 0 Å². The number of nitrogens with zero attached hydrogens (tertiary/aromatic N) is 3. The van der Waals surface area contributed by atoms with Gasteiger partial charge in [0.05, 0.1) is 16.3 Å². The standard InChI is InChI=1S/C13H16N4O3/c1-9-5-11(16(2)15-9)8-20-13-6-10(7-14)3-4-12(13)17(18)19/h3-6H,7-8,14H2,1-2H3. The molecule has 2 rings (SSSR count). The van der Waals surface area contributed by atoms with Crippen molar-refractivity contribution in [2.45, 2.75) is 20.1 Å². The van der Waals surface area contributed by atoms with Crippen LogP contribution in [-0.4, -0.2) is 14.7 Å². The maximum atomic E-state index is 11.0. The molecule has 0 bridgehead atoms. The summed E-state index contributed by atoms with van der Waals surface area (Å²) in [7, 11) is 1.80. The minimum Gasteiger partial charge on any atom is -0.480 e. The first-order valence-electron chi connectivity index (χ1n) is 6.11. The molecule has 1 heterocycles. The van der Waals surface area contributed by atoms with Gasteiger partial charge in [-0.15, -0.1) is 0 Å². The van der Waals surface area contributed by atoms with Crippen LogP contribution in [0.3, 0.4) is 0 Å². The van der Waals surface area contributed by atoms with E-state index >= 15 is 0 Å². The number of hydrogen-bond donors (Lipinski definition) is 1. The Kier molecular flexibility index (Phi) is 3.99. The monoisotopic (exact) mass is 276 g/mol. The Morgan fingerprint density at radius 1 is 1.45 bits per heavy atom. The van der Waals surface area contributed by atoms with Crippen LogP contribution in [0.2, 0.25) is 0 Å². The topological polar surface area (TPSA) is 96.2 Å². The smallest absolute Gasteiger partial charge is 0.310 e. The van der Waals surface area contributed by atoms with Crippen LogP contribution in [0.1, 0.15) is 17.0 Å². The van der Waals surface area contributed by atoms with E-state index in [-0.39, 0.29) is 18.0 Å².